The number of ether oxygens (including phenoxy) is 2. The summed E-state index contributed by atoms with van der Waals surface area (Å²) < 4.78 is 11.0. The van der Waals surface area contributed by atoms with Gasteiger partial charge in [0, 0.05) is 23.6 Å². The summed E-state index contributed by atoms with van der Waals surface area (Å²) >= 11 is 0. The van der Waals surface area contributed by atoms with Crippen LogP contribution in [0.5, 0.6) is 5.75 Å². The zero-order valence-corrected chi connectivity index (χ0v) is 14.6. The Bertz CT molecular complexity index is 620. The second-order valence-electron chi connectivity index (χ2n) is 6.60. The van der Waals surface area contributed by atoms with Crippen molar-refractivity contribution >= 4 is 0 Å². The fourth-order valence-corrected chi connectivity index (χ4v) is 2.79. The van der Waals surface area contributed by atoms with Crippen LogP contribution in [0.4, 0.5) is 0 Å². The van der Waals surface area contributed by atoms with Crippen molar-refractivity contribution < 1.29 is 9.47 Å². The SMILES string of the molecule is CCCCN(C)Cc1cn[nH]c1-c1ccc(OCC2COC2)cc1. The third-order valence-electron chi connectivity index (χ3n) is 4.39. The summed E-state index contributed by atoms with van der Waals surface area (Å²) in [6, 6.07) is 8.24. The van der Waals surface area contributed by atoms with Gasteiger partial charge in [-0.3, -0.25) is 5.10 Å². The van der Waals surface area contributed by atoms with Gasteiger partial charge in [-0.15, -0.1) is 0 Å². The van der Waals surface area contributed by atoms with Gasteiger partial charge in [0.05, 0.1) is 31.7 Å². The highest BCUT2D eigenvalue weighted by atomic mass is 16.5. The van der Waals surface area contributed by atoms with Crippen LogP contribution in [0, 0.1) is 5.92 Å². The average molecular weight is 329 g/mol. The molecule has 24 heavy (non-hydrogen) atoms. The van der Waals surface area contributed by atoms with E-state index >= 15 is 0 Å². The van der Waals surface area contributed by atoms with Crippen molar-refractivity contribution in [2.45, 2.75) is 26.3 Å². The molecule has 0 saturated carbocycles. The molecule has 0 amide bonds. The van der Waals surface area contributed by atoms with Crippen LogP contribution in [-0.4, -0.2) is 48.5 Å². The molecule has 0 radical (unpaired) electrons. The highest BCUT2D eigenvalue weighted by Crippen LogP contribution is 2.25. The first kappa shape index (κ1) is 17.0. The van der Waals surface area contributed by atoms with Crippen molar-refractivity contribution in [1.29, 1.82) is 0 Å². The Morgan fingerprint density at radius 3 is 2.75 bits per heavy atom. The molecule has 0 unspecified atom stereocenters. The zero-order chi connectivity index (χ0) is 16.8. The molecule has 130 valence electrons. The van der Waals surface area contributed by atoms with Gasteiger partial charge in [0.25, 0.3) is 0 Å². The minimum atomic E-state index is 0.544. The molecule has 1 aromatic heterocycles. The number of H-pyrrole nitrogens is 1. The molecule has 0 atom stereocenters. The molecule has 0 spiro atoms. The number of benzene rings is 1. The Kier molecular flexibility index (Phi) is 5.88. The predicted molar refractivity (Wildman–Crippen MR) is 95.1 cm³/mol. The van der Waals surface area contributed by atoms with Gasteiger partial charge in [-0.1, -0.05) is 13.3 Å². The average Bonchev–Trinajstić information content (AvgIpc) is 3.00. The molecule has 0 bridgehead atoms. The Hall–Kier alpha value is -1.85. The summed E-state index contributed by atoms with van der Waals surface area (Å²) in [7, 11) is 2.16. The van der Waals surface area contributed by atoms with Gasteiger partial charge in [0.1, 0.15) is 5.75 Å². The molecular formula is C19H27N3O2. The molecule has 5 heteroatoms. The first-order valence-corrected chi connectivity index (χ1v) is 8.78. The van der Waals surface area contributed by atoms with Crippen LogP contribution in [0.3, 0.4) is 0 Å². The van der Waals surface area contributed by atoms with E-state index in [4.69, 9.17) is 9.47 Å². The van der Waals surface area contributed by atoms with Crippen molar-refractivity contribution in [3.05, 3.63) is 36.0 Å². The van der Waals surface area contributed by atoms with Gasteiger partial charge in [-0.25, -0.2) is 0 Å². The maximum atomic E-state index is 5.81. The van der Waals surface area contributed by atoms with Crippen LogP contribution in [0.2, 0.25) is 0 Å². The van der Waals surface area contributed by atoms with E-state index in [-0.39, 0.29) is 0 Å². The van der Waals surface area contributed by atoms with Gasteiger partial charge in [-0.05, 0) is 44.3 Å². The van der Waals surface area contributed by atoms with Crippen molar-refractivity contribution in [3.63, 3.8) is 0 Å². The van der Waals surface area contributed by atoms with Crippen molar-refractivity contribution in [3.8, 4) is 17.0 Å². The topological polar surface area (TPSA) is 50.4 Å². The van der Waals surface area contributed by atoms with E-state index in [1.807, 2.05) is 18.3 Å². The summed E-state index contributed by atoms with van der Waals surface area (Å²) in [4.78, 5) is 2.34. The Balaban J connectivity index is 1.60. The molecule has 1 N–H and O–H groups in total. The summed E-state index contributed by atoms with van der Waals surface area (Å²) in [5.74, 6) is 1.45. The molecule has 1 aromatic carbocycles. The van der Waals surface area contributed by atoms with E-state index in [1.54, 1.807) is 0 Å². The normalized spacial score (nSPS) is 14.8. The van der Waals surface area contributed by atoms with Crippen LogP contribution in [0.25, 0.3) is 11.3 Å². The number of hydrogen-bond donors (Lipinski definition) is 1. The summed E-state index contributed by atoms with van der Waals surface area (Å²) in [5, 5.41) is 7.37. The van der Waals surface area contributed by atoms with E-state index < -0.39 is 0 Å². The van der Waals surface area contributed by atoms with E-state index in [9.17, 15) is 0 Å². The number of nitrogens with one attached hydrogen (secondary N) is 1. The Morgan fingerprint density at radius 1 is 1.29 bits per heavy atom. The largest absolute Gasteiger partial charge is 0.493 e. The minimum Gasteiger partial charge on any atom is -0.493 e. The first-order valence-electron chi connectivity index (χ1n) is 8.78. The molecule has 3 rings (SSSR count). The first-order chi connectivity index (χ1) is 11.8. The number of unbranched alkanes of at least 4 members (excludes halogenated alkanes) is 1. The Morgan fingerprint density at radius 2 is 2.08 bits per heavy atom. The van der Waals surface area contributed by atoms with Gasteiger partial charge in [0.2, 0.25) is 0 Å². The molecule has 1 fully saturated rings. The van der Waals surface area contributed by atoms with Crippen LogP contribution < -0.4 is 4.74 Å². The highest BCUT2D eigenvalue weighted by Gasteiger charge is 2.18. The molecule has 5 nitrogen and oxygen atoms in total. The third kappa shape index (κ3) is 4.36. The molecule has 2 heterocycles. The lowest BCUT2D eigenvalue weighted by Gasteiger charge is -2.25. The molecule has 1 aliphatic heterocycles. The van der Waals surface area contributed by atoms with Crippen LogP contribution in [0.1, 0.15) is 25.3 Å². The number of nitrogens with zero attached hydrogens (tertiary/aromatic N) is 2. The van der Waals surface area contributed by atoms with E-state index in [2.05, 4.69) is 41.2 Å². The maximum Gasteiger partial charge on any atom is 0.119 e. The van der Waals surface area contributed by atoms with Crippen molar-refractivity contribution in [2.75, 3.05) is 33.4 Å². The van der Waals surface area contributed by atoms with Crippen molar-refractivity contribution in [2.24, 2.45) is 5.92 Å². The standard InChI is InChI=1S/C19H27N3O2/c1-3-4-9-22(2)11-17-10-20-21-19(17)16-5-7-18(8-6-16)24-14-15-12-23-13-15/h5-8,10,15H,3-4,9,11-14H2,1-2H3,(H,20,21). The number of aromatic amines is 1. The molecule has 1 saturated heterocycles. The van der Waals surface area contributed by atoms with Crippen LogP contribution in [0.15, 0.2) is 30.5 Å². The second-order valence-corrected chi connectivity index (χ2v) is 6.60. The van der Waals surface area contributed by atoms with Crippen LogP contribution >= 0.6 is 0 Å². The fraction of sp³-hybridized carbons (Fsp3) is 0.526. The molecule has 2 aromatic rings. The molecule has 0 aliphatic carbocycles. The smallest absolute Gasteiger partial charge is 0.119 e. The molecular weight excluding hydrogens is 302 g/mol. The van der Waals surface area contributed by atoms with E-state index in [1.165, 1.54) is 18.4 Å². The summed E-state index contributed by atoms with van der Waals surface area (Å²) in [6.07, 6.45) is 4.37. The number of rotatable bonds is 9. The lowest BCUT2D eigenvalue weighted by Crippen LogP contribution is -2.32. The number of aromatic nitrogens is 2. The predicted octanol–water partition coefficient (Wildman–Crippen LogP) is 3.33. The minimum absolute atomic E-state index is 0.544. The quantitative estimate of drug-likeness (QED) is 0.766. The van der Waals surface area contributed by atoms with E-state index in [0.29, 0.717) is 5.92 Å². The zero-order valence-electron chi connectivity index (χ0n) is 14.6. The second kappa shape index (κ2) is 8.31. The lowest BCUT2D eigenvalue weighted by atomic mass is 10.1. The maximum absolute atomic E-state index is 5.81. The van der Waals surface area contributed by atoms with Gasteiger partial charge < -0.3 is 14.4 Å². The van der Waals surface area contributed by atoms with Gasteiger partial charge in [0.15, 0.2) is 0 Å². The van der Waals surface area contributed by atoms with Crippen LogP contribution in [-0.2, 0) is 11.3 Å². The number of hydrogen-bond acceptors (Lipinski definition) is 4. The monoisotopic (exact) mass is 329 g/mol. The lowest BCUT2D eigenvalue weighted by molar-refractivity contribution is -0.0508. The van der Waals surface area contributed by atoms with Gasteiger partial charge >= 0.3 is 0 Å². The van der Waals surface area contributed by atoms with Gasteiger partial charge in [-0.2, -0.15) is 5.10 Å². The molecule has 1 aliphatic rings. The third-order valence-corrected chi connectivity index (χ3v) is 4.39. The summed E-state index contributed by atoms with van der Waals surface area (Å²) in [6.45, 7) is 6.61. The summed E-state index contributed by atoms with van der Waals surface area (Å²) in [5.41, 5.74) is 3.47. The Labute approximate surface area is 144 Å². The highest BCUT2D eigenvalue weighted by molar-refractivity contribution is 5.63. The fourth-order valence-electron chi connectivity index (χ4n) is 2.79. The van der Waals surface area contributed by atoms with E-state index in [0.717, 1.165) is 49.9 Å². The van der Waals surface area contributed by atoms with Crippen molar-refractivity contribution in [1.82, 2.24) is 15.1 Å².